The van der Waals surface area contributed by atoms with Crippen LogP contribution in [0.15, 0.2) is 83.2 Å². The minimum absolute atomic E-state index is 0.0482. The van der Waals surface area contributed by atoms with Crippen LogP contribution in [0.1, 0.15) is 63.4 Å². The smallest absolute Gasteiger partial charge is 0.259 e. The molecule has 2 aromatic carbocycles. The second-order valence-corrected chi connectivity index (χ2v) is 10.6. The second kappa shape index (κ2) is 11.4. The number of anilines is 1. The van der Waals surface area contributed by atoms with Gasteiger partial charge in [-0.2, -0.15) is 0 Å². The number of ketones is 1. The summed E-state index contributed by atoms with van der Waals surface area (Å²) in [7, 11) is 0. The van der Waals surface area contributed by atoms with Gasteiger partial charge in [0.15, 0.2) is 11.6 Å². The van der Waals surface area contributed by atoms with Crippen molar-refractivity contribution in [3.63, 3.8) is 0 Å². The number of Topliss-reactive ketones (excluding diaryl/α,β-unsaturated/α-hetero) is 1. The van der Waals surface area contributed by atoms with E-state index in [0.29, 0.717) is 23.2 Å². The van der Waals surface area contributed by atoms with Gasteiger partial charge in [-0.3, -0.25) is 29.3 Å². The van der Waals surface area contributed by atoms with Gasteiger partial charge >= 0.3 is 0 Å². The first-order valence-electron chi connectivity index (χ1n) is 13.9. The molecule has 1 fully saturated rings. The van der Waals surface area contributed by atoms with Crippen LogP contribution >= 0.6 is 0 Å². The van der Waals surface area contributed by atoms with Crippen LogP contribution in [0.5, 0.6) is 0 Å². The standard InChI is InChI=1S/C32H27N5O6/c38-26-14-19(18-6-2-1-3-7-18)15-27(39)22(26)16-34-29-21(9-5-13-33-29)30(41)35-24-10-4-8-20-23(24)17-37(32(20)43)25-11-12-28(40)36-31(25)42/h1-10,13,16,19,25,38H,11-12,14-15,17H2,(H,35,41)(H,36,40,42)/b34-16+. The normalized spacial score (nSPS) is 20.4. The summed E-state index contributed by atoms with van der Waals surface area (Å²) in [5.74, 6) is -2.20. The predicted molar refractivity (Wildman–Crippen MR) is 156 cm³/mol. The molecule has 6 rings (SSSR count). The number of hydrogen-bond acceptors (Lipinski definition) is 8. The number of pyridine rings is 1. The van der Waals surface area contributed by atoms with Crippen LogP contribution in [0.3, 0.4) is 0 Å². The van der Waals surface area contributed by atoms with E-state index in [1.54, 1.807) is 24.3 Å². The van der Waals surface area contributed by atoms with Gasteiger partial charge < -0.3 is 15.3 Å². The number of carbonyl (C=O) groups excluding carboxylic acids is 5. The summed E-state index contributed by atoms with van der Waals surface area (Å²) in [6, 6.07) is 16.8. The molecule has 3 aliphatic rings. The number of nitrogens with one attached hydrogen (secondary N) is 2. The number of imide groups is 1. The second-order valence-electron chi connectivity index (χ2n) is 10.6. The Morgan fingerprint density at radius 3 is 2.60 bits per heavy atom. The fourth-order valence-corrected chi connectivity index (χ4v) is 5.71. The molecule has 3 heterocycles. The molecule has 1 aliphatic carbocycles. The number of benzene rings is 2. The highest BCUT2D eigenvalue weighted by Gasteiger charge is 2.40. The maximum Gasteiger partial charge on any atom is 0.259 e. The SMILES string of the molecule is O=C1CCC(N2Cc3c(NC(=O)c4cccnc4/N=C/C4=C(O)CC(c5ccccc5)CC4=O)cccc3C2=O)C(=O)N1. The number of aliphatic hydroxyl groups excluding tert-OH is 1. The van der Waals surface area contributed by atoms with Crippen LogP contribution in [0.4, 0.5) is 11.5 Å². The zero-order valence-electron chi connectivity index (χ0n) is 22.9. The highest BCUT2D eigenvalue weighted by atomic mass is 16.3. The average molecular weight is 578 g/mol. The third-order valence-corrected chi connectivity index (χ3v) is 7.93. The molecule has 1 saturated heterocycles. The van der Waals surface area contributed by atoms with Gasteiger partial charge in [0, 0.05) is 55.0 Å². The Balaban J connectivity index is 1.20. The van der Waals surface area contributed by atoms with Gasteiger partial charge in [-0.25, -0.2) is 9.98 Å². The maximum atomic E-state index is 13.4. The van der Waals surface area contributed by atoms with E-state index >= 15 is 0 Å². The summed E-state index contributed by atoms with van der Waals surface area (Å²) in [5, 5.41) is 15.8. The van der Waals surface area contributed by atoms with Gasteiger partial charge in [0.05, 0.1) is 11.1 Å². The van der Waals surface area contributed by atoms with Crippen LogP contribution in [-0.2, 0) is 20.9 Å². The van der Waals surface area contributed by atoms with Crippen molar-refractivity contribution < 1.29 is 29.1 Å². The van der Waals surface area contributed by atoms with Crippen LogP contribution in [0.2, 0.25) is 0 Å². The van der Waals surface area contributed by atoms with Crippen molar-refractivity contribution in [1.82, 2.24) is 15.2 Å². The molecule has 3 N–H and O–H groups in total. The Morgan fingerprint density at radius 2 is 1.84 bits per heavy atom. The van der Waals surface area contributed by atoms with Crippen molar-refractivity contribution in [1.29, 1.82) is 0 Å². The van der Waals surface area contributed by atoms with Gasteiger partial charge in [0.1, 0.15) is 11.8 Å². The number of nitrogens with zero attached hydrogens (tertiary/aromatic N) is 3. The third-order valence-electron chi connectivity index (χ3n) is 7.93. The lowest BCUT2D eigenvalue weighted by Crippen LogP contribution is -2.52. The van der Waals surface area contributed by atoms with E-state index < -0.39 is 17.9 Å². The number of fused-ring (bicyclic) bond motifs is 1. The van der Waals surface area contributed by atoms with E-state index in [9.17, 15) is 29.1 Å². The zero-order valence-corrected chi connectivity index (χ0v) is 22.9. The maximum absolute atomic E-state index is 13.4. The lowest BCUT2D eigenvalue weighted by Gasteiger charge is -2.29. The van der Waals surface area contributed by atoms with Crippen molar-refractivity contribution in [2.24, 2.45) is 4.99 Å². The quantitative estimate of drug-likeness (QED) is 0.297. The fraction of sp³-hybridized carbons (Fsp3) is 0.219. The van der Waals surface area contributed by atoms with Crippen LogP contribution in [0, 0.1) is 0 Å². The number of amides is 4. The lowest BCUT2D eigenvalue weighted by molar-refractivity contribution is -0.137. The molecule has 216 valence electrons. The number of piperidine rings is 1. The molecular formula is C32H27N5O6. The minimum atomic E-state index is -0.781. The van der Waals surface area contributed by atoms with Crippen molar-refractivity contribution in [3.8, 4) is 0 Å². The van der Waals surface area contributed by atoms with E-state index in [1.807, 2.05) is 30.3 Å². The Morgan fingerprint density at radius 1 is 1.02 bits per heavy atom. The first kappa shape index (κ1) is 27.7. The summed E-state index contributed by atoms with van der Waals surface area (Å²) in [5.41, 5.74) is 2.47. The third kappa shape index (κ3) is 5.44. The first-order chi connectivity index (χ1) is 20.8. The Hall–Kier alpha value is -5.45. The summed E-state index contributed by atoms with van der Waals surface area (Å²) in [6.45, 7) is 0.0917. The Kier molecular flexibility index (Phi) is 7.37. The van der Waals surface area contributed by atoms with E-state index in [0.717, 1.165) is 5.56 Å². The lowest BCUT2D eigenvalue weighted by atomic mass is 9.83. The molecule has 0 radical (unpaired) electrons. The molecule has 2 aliphatic heterocycles. The number of hydrogen-bond donors (Lipinski definition) is 3. The highest BCUT2D eigenvalue weighted by molar-refractivity contribution is 6.16. The largest absolute Gasteiger partial charge is 0.511 e. The van der Waals surface area contributed by atoms with Crippen molar-refractivity contribution in [2.75, 3.05) is 5.32 Å². The summed E-state index contributed by atoms with van der Waals surface area (Å²) < 4.78 is 0. The summed E-state index contributed by atoms with van der Waals surface area (Å²) in [4.78, 5) is 73.4. The van der Waals surface area contributed by atoms with Crippen LogP contribution in [0.25, 0.3) is 0 Å². The zero-order chi connectivity index (χ0) is 30.1. The predicted octanol–water partition coefficient (Wildman–Crippen LogP) is 3.76. The molecule has 0 saturated carbocycles. The van der Waals surface area contributed by atoms with Crippen molar-refractivity contribution in [2.45, 2.75) is 44.2 Å². The molecule has 2 atom stereocenters. The van der Waals surface area contributed by atoms with Crippen LogP contribution < -0.4 is 10.6 Å². The number of aliphatic imine (C=N–C) groups is 1. The van der Waals surface area contributed by atoms with E-state index in [1.165, 1.54) is 23.4 Å². The molecule has 11 heteroatoms. The Labute approximate surface area is 246 Å². The van der Waals surface area contributed by atoms with E-state index in [-0.39, 0.29) is 72.0 Å². The minimum Gasteiger partial charge on any atom is -0.511 e. The molecule has 0 spiro atoms. The van der Waals surface area contributed by atoms with Gasteiger partial charge in [-0.15, -0.1) is 0 Å². The number of allylic oxidation sites excluding steroid dienone is 2. The van der Waals surface area contributed by atoms with E-state index in [4.69, 9.17) is 0 Å². The molecule has 3 aromatic rings. The number of aromatic nitrogens is 1. The van der Waals surface area contributed by atoms with Crippen LogP contribution in [-0.4, -0.2) is 56.7 Å². The van der Waals surface area contributed by atoms with Crippen molar-refractivity contribution >= 4 is 47.1 Å². The Bertz CT molecular complexity index is 1730. The highest BCUT2D eigenvalue weighted by Crippen LogP contribution is 2.34. The molecule has 1 aromatic heterocycles. The van der Waals surface area contributed by atoms with Gasteiger partial charge in [0.2, 0.25) is 11.8 Å². The molecule has 43 heavy (non-hydrogen) atoms. The molecular weight excluding hydrogens is 550 g/mol. The monoisotopic (exact) mass is 577 g/mol. The first-order valence-corrected chi connectivity index (χ1v) is 13.9. The molecule has 0 bridgehead atoms. The molecule has 2 unspecified atom stereocenters. The van der Waals surface area contributed by atoms with Gasteiger partial charge in [0.25, 0.3) is 11.8 Å². The molecule has 11 nitrogen and oxygen atoms in total. The van der Waals surface area contributed by atoms with E-state index in [2.05, 4.69) is 20.6 Å². The number of rotatable bonds is 6. The molecule has 4 amide bonds. The topological polar surface area (TPSA) is 158 Å². The number of aliphatic hydroxyl groups is 1. The average Bonchev–Trinajstić information content (AvgIpc) is 3.34. The summed E-state index contributed by atoms with van der Waals surface area (Å²) in [6.07, 6.45) is 3.58. The fourth-order valence-electron chi connectivity index (χ4n) is 5.71. The summed E-state index contributed by atoms with van der Waals surface area (Å²) >= 11 is 0. The number of carbonyl (C=O) groups is 5. The van der Waals surface area contributed by atoms with Gasteiger partial charge in [-0.1, -0.05) is 36.4 Å². The van der Waals surface area contributed by atoms with Crippen molar-refractivity contribution in [3.05, 3.63) is 100 Å². The van der Waals surface area contributed by atoms with Gasteiger partial charge in [-0.05, 0) is 42.2 Å².